The third-order valence-corrected chi connectivity index (χ3v) is 4.49. The molecule has 9 heteroatoms. The predicted molar refractivity (Wildman–Crippen MR) is 69.6 cm³/mol. The summed E-state index contributed by atoms with van der Waals surface area (Å²) in [5.41, 5.74) is 5.19. The topological polar surface area (TPSA) is 110 Å². The minimum absolute atomic E-state index is 0.0306. The predicted octanol–water partition coefficient (Wildman–Crippen LogP) is -1.97. The Morgan fingerprint density at radius 1 is 1.50 bits per heavy atom. The molecule has 2 amide bonds. The first-order valence-electron chi connectivity index (χ1n) is 5.30. The van der Waals surface area contributed by atoms with Crippen LogP contribution in [-0.2, 0) is 19.4 Å². The molecule has 0 aliphatic carbocycles. The molecule has 102 valence electrons. The van der Waals surface area contributed by atoms with Crippen LogP contribution in [0, 0.1) is 0 Å². The first-order valence-corrected chi connectivity index (χ1v) is 7.53. The van der Waals surface area contributed by atoms with Gasteiger partial charge in [-0.3, -0.25) is 9.59 Å². The normalized spacial score (nSPS) is 22.3. The lowest BCUT2D eigenvalue weighted by atomic mass is 10.3. The van der Waals surface area contributed by atoms with Gasteiger partial charge in [-0.2, -0.15) is 0 Å². The molecule has 1 unspecified atom stereocenters. The molecule has 0 bridgehead atoms. The van der Waals surface area contributed by atoms with E-state index >= 15 is 0 Å². The molecule has 1 fully saturated rings. The third-order valence-electron chi connectivity index (χ3n) is 2.55. The number of rotatable bonds is 2. The standard InChI is InChI=1S/C9H15N3O4S2/c1-6-5-18(15,16)3-2-12(6)9(14)8(13)11-4-7(10)17/h6H,2-5H2,1H3,(H2,10,17)(H,11,13). The van der Waals surface area contributed by atoms with E-state index in [0.717, 1.165) is 0 Å². The minimum atomic E-state index is -3.12. The number of thiocarbonyl (C=S) groups is 1. The molecule has 0 radical (unpaired) electrons. The molecule has 1 rings (SSSR count). The summed E-state index contributed by atoms with van der Waals surface area (Å²) in [7, 11) is -3.12. The van der Waals surface area contributed by atoms with Crippen LogP contribution in [0.4, 0.5) is 0 Å². The van der Waals surface area contributed by atoms with Gasteiger partial charge in [0, 0.05) is 12.6 Å². The molecule has 18 heavy (non-hydrogen) atoms. The Labute approximate surface area is 111 Å². The maximum absolute atomic E-state index is 11.8. The number of nitrogens with two attached hydrogens (primary N) is 1. The van der Waals surface area contributed by atoms with E-state index in [0.29, 0.717) is 0 Å². The number of amides is 2. The second-order valence-corrected chi connectivity index (χ2v) is 6.86. The van der Waals surface area contributed by atoms with Crippen LogP contribution in [0.2, 0.25) is 0 Å². The Bertz CT molecular complexity index is 474. The first kappa shape index (κ1) is 14.8. The number of hydrogen-bond acceptors (Lipinski definition) is 5. The van der Waals surface area contributed by atoms with Crippen LogP contribution in [0.1, 0.15) is 6.92 Å². The lowest BCUT2D eigenvalue weighted by Crippen LogP contribution is -2.54. The van der Waals surface area contributed by atoms with Crippen molar-refractivity contribution in [2.45, 2.75) is 13.0 Å². The third kappa shape index (κ3) is 3.91. The van der Waals surface area contributed by atoms with Gasteiger partial charge >= 0.3 is 11.8 Å². The van der Waals surface area contributed by atoms with Crippen molar-refractivity contribution in [3.05, 3.63) is 0 Å². The van der Waals surface area contributed by atoms with Gasteiger partial charge in [0.05, 0.1) is 23.0 Å². The van der Waals surface area contributed by atoms with Gasteiger partial charge in [-0.05, 0) is 6.92 Å². The Kier molecular flexibility index (Phi) is 4.63. The van der Waals surface area contributed by atoms with E-state index in [1.807, 2.05) is 0 Å². The van der Waals surface area contributed by atoms with Crippen molar-refractivity contribution < 1.29 is 18.0 Å². The summed E-state index contributed by atoms with van der Waals surface area (Å²) < 4.78 is 22.7. The smallest absolute Gasteiger partial charge is 0.312 e. The van der Waals surface area contributed by atoms with Gasteiger partial charge in [-0.1, -0.05) is 12.2 Å². The molecule has 0 aromatic heterocycles. The molecule has 0 aromatic carbocycles. The monoisotopic (exact) mass is 293 g/mol. The van der Waals surface area contributed by atoms with Gasteiger partial charge in [0.1, 0.15) is 0 Å². The molecule has 1 aliphatic heterocycles. The molecule has 3 N–H and O–H groups in total. The SMILES string of the molecule is CC1CS(=O)(=O)CCN1C(=O)C(=O)NCC(N)=S. The van der Waals surface area contributed by atoms with E-state index in [-0.39, 0.29) is 29.6 Å². The van der Waals surface area contributed by atoms with Gasteiger partial charge in [0.2, 0.25) is 0 Å². The number of carbonyl (C=O) groups is 2. The van der Waals surface area contributed by atoms with Crippen molar-refractivity contribution in [3.63, 3.8) is 0 Å². The van der Waals surface area contributed by atoms with Gasteiger partial charge in [-0.15, -0.1) is 0 Å². The summed E-state index contributed by atoms with van der Waals surface area (Å²) in [6.45, 7) is 1.57. The molecule has 1 heterocycles. The molecule has 1 atom stereocenters. The highest BCUT2D eigenvalue weighted by molar-refractivity contribution is 7.91. The van der Waals surface area contributed by atoms with Gasteiger partial charge in [0.15, 0.2) is 9.84 Å². The van der Waals surface area contributed by atoms with E-state index in [1.54, 1.807) is 6.92 Å². The van der Waals surface area contributed by atoms with Crippen molar-refractivity contribution in [3.8, 4) is 0 Å². The Morgan fingerprint density at radius 3 is 2.61 bits per heavy atom. The summed E-state index contributed by atoms with van der Waals surface area (Å²) >= 11 is 4.57. The largest absolute Gasteiger partial charge is 0.392 e. The van der Waals surface area contributed by atoms with Gasteiger partial charge in [-0.25, -0.2) is 8.42 Å². The van der Waals surface area contributed by atoms with Crippen LogP contribution in [0.25, 0.3) is 0 Å². The fourth-order valence-electron chi connectivity index (χ4n) is 1.67. The zero-order valence-corrected chi connectivity index (χ0v) is 11.5. The van der Waals surface area contributed by atoms with Gasteiger partial charge < -0.3 is 16.0 Å². The Hall–Kier alpha value is -1.22. The molecule has 0 saturated carbocycles. The molecular weight excluding hydrogens is 278 g/mol. The Balaban J connectivity index is 2.62. The second kappa shape index (κ2) is 5.61. The summed E-state index contributed by atoms with van der Waals surface area (Å²) in [4.78, 5) is 24.6. The summed E-state index contributed by atoms with van der Waals surface area (Å²) in [5.74, 6) is -1.82. The molecule has 1 saturated heterocycles. The van der Waals surface area contributed by atoms with Gasteiger partial charge in [0.25, 0.3) is 0 Å². The highest BCUT2D eigenvalue weighted by Crippen LogP contribution is 2.11. The second-order valence-electron chi connectivity index (χ2n) is 4.11. The number of nitrogens with zero attached hydrogens (tertiary/aromatic N) is 1. The van der Waals surface area contributed by atoms with Crippen molar-refractivity contribution in [1.82, 2.24) is 10.2 Å². The average Bonchev–Trinajstić information content (AvgIpc) is 2.23. The minimum Gasteiger partial charge on any atom is -0.392 e. The summed E-state index contributed by atoms with van der Waals surface area (Å²) in [6, 6.07) is -0.508. The number of carbonyl (C=O) groups excluding carboxylic acids is 2. The maximum atomic E-state index is 11.8. The summed E-state index contributed by atoms with van der Waals surface area (Å²) in [6.07, 6.45) is 0. The first-order chi connectivity index (χ1) is 8.23. The molecule has 1 aliphatic rings. The maximum Gasteiger partial charge on any atom is 0.312 e. The van der Waals surface area contributed by atoms with Crippen LogP contribution in [0.15, 0.2) is 0 Å². The average molecular weight is 293 g/mol. The fraction of sp³-hybridized carbons (Fsp3) is 0.667. The van der Waals surface area contributed by atoms with Crippen molar-refractivity contribution >= 4 is 38.9 Å². The van der Waals surface area contributed by atoms with Crippen molar-refractivity contribution in [1.29, 1.82) is 0 Å². The van der Waals surface area contributed by atoms with Crippen molar-refractivity contribution in [2.24, 2.45) is 5.73 Å². The molecule has 0 aromatic rings. The van der Waals surface area contributed by atoms with Crippen molar-refractivity contribution in [2.75, 3.05) is 24.6 Å². The molecule has 0 spiro atoms. The summed E-state index contributed by atoms with van der Waals surface area (Å²) in [5, 5.41) is 2.27. The molecular formula is C9H15N3O4S2. The zero-order chi connectivity index (χ0) is 13.9. The quantitative estimate of drug-likeness (QED) is 0.452. The zero-order valence-electron chi connectivity index (χ0n) is 9.88. The van der Waals surface area contributed by atoms with E-state index < -0.39 is 27.7 Å². The van der Waals surface area contributed by atoms with E-state index in [1.165, 1.54) is 4.90 Å². The number of sulfone groups is 1. The highest BCUT2D eigenvalue weighted by atomic mass is 32.2. The van der Waals surface area contributed by atoms with Crippen LogP contribution in [0.3, 0.4) is 0 Å². The highest BCUT2D eigenvalue weighted by Gasteiger charge is 2.33. The van der Waals surface area contributed by atoms with Crippen LogP contribution in [-0.4, -0.2) is 60.8 Å². The number of hydrogen-bond donors (Lipinski definition) is 2. The van der Waals surface area contributed by atoms with E-state index in [9.17, 15) is 18.0 Å². The fourth-order valence-corrected chi connectivity index (χ4v) is 3.30. The van der Waals surface area contributed by atoms with Crippen LogP contribution < -0.4 is 11.1 Å². The molecule has 7 nitrogen and oxygen atoms in total. The van der Waals surface area contributed by atoms with Crippen LogP contribution in [0.5, 0.6) is 0 Å². The van der Waals surface area contributed by atoms with E-state index in [2.05, 4.69) is 17.5 Å². The lowest BCUT2D eigenvalue weighted by Gasteiger charge is -2.32. The number of nitrogens with one attached hydrogen (secondary N) is 1. The van der Waals surface area contributed by atoms with E-state index in [4.69, 9.17) is 5.73 Å². The Morgan fingerprint density at radius 2 is 2.11 bits per heavy atom. The van der Waals surface area contributed by atoms with Crippen LogP contribution >= 0.6 is 12.2 Å². The lowest BCUT2D eigenvalue weighted by molar-refractivity contribution is -0.146.